The summed E-state index contributed by atoms with van der Waals surface area (Å²) in [6.07, 6.45) is 2.21. The normalized spacial score (nSPS) is 23.3. The average molecular weight is 462 g/mol. The molecule has 0 radical (unpaired) electrons. The van der Waals surface area contributed by atoms with Crippen molar-refractivity contribution in [3.05, 3.63) is 52.0 Å². The summed E-state index contributed by atoms with van der Waals surface area (Å²) in [6, 6.07) is 9.06. The number of anilines is 1. The number of ether oxygens (including phenoxy) is 2. The standard InChI is InChI=1S/C24H32FN3O3S/c1-17-13-27(14-18(2)31-17)23-8-7-19(11-22(23)25)12-26-24(29)28(15-20-5-3-9-30-20)16-21-6-4-10-32-21/h4,6-8,10-11,17-18,20H,3,5,9,12-16H2,1-2H3,(H,26,29). The van der Waals surface area contributed by atoms with Crippen LogP contribution >= 0.6 is 11.3 Å². The summed E-state index contributed by atoms with van der Waals surface area (Å²) >= 11 is 1.63. The molecule has 3 unspecified atom stereocenters. The second kappa shape index (κ2) is 10.6. The molecule has 174 valence electrons. The van der Waals surface area contributed by atoms with Crippen molar-refractivity contribution in [2.24, 2.45) is 0 Å². The smallest absolute Gasteiger partial charge is 0.318 e. The van der Waals surface area contributed by atoms with Crippen LogP contribution in [0.1, 0.15) is 37.1 Å². The van der Waals surface area contributed by atoms with Crippen LogP contribution in [0.4, 0.5) is 14.9 Å². The summed E-state index contributed by atoms with van der Waals surface area (Å²) in [4.78, 5) is 17.9. The highest BCUT2D eigenvalue weighted by molar-refractivity contribution is 7.09. The number of halogens is 1. The highest BCUT2D eigenvalue weighted by atomic mass is 32.1. The van der Waals surface area contributed by atoms with Gasteiger partial charge in [0.2, 0.25) is 0 Å². The second-order valence-corrected chi connectivity index (χ2v) is 9.73. The number of morpholine rings is 1. The van der Waals surface area contributed by atoms with Crippen molar-refractivity contribution in [1.29, 1.82) is 0 Å². The molecule has 2 aromatic rings. The summed E-state index contributed by atoms with van der Waals surface area (Å²) in [5.41, 5.74) is 1.32. The van der Waals surface area contributed by atoms with E-state index in [1.807, 2.05) is 42.3 Å². The lowest BCUT2D eigenvalue weighted by Crippen LogP contribution is -2.45. The Morgan fingerprint density at radius 1 is 1.28 bits per heavy atom. The maximum Gasteiger partial charge on any atom is 0.318 e. The van der Waals surface area contributed by atoms with Crippen molar-refractivity contribution >= 4 is 23.1 Å². The molecule has 2 saturated heterocycles. The first-order valence-electron chi connectivity index (χ1n) is 11.3. The number of amides is 2. The third kappa shape index (κ3) is 5.99. The first kappa shape index (κ1) is 23.0. The summed E-state index contributed by atoms with van der Waals surface area (Å²) in [5, 5.41) is 4.97. The lowest BCUT2D eigenvalue weighted by Gasteiger charge is -2.37. The van der Waals surface area contributed by atoms with E-state index in [0.717, 1.165) is 29.9 Å². The molecule has 0 aliphatic carbocycles. The molecule has 0 bridgehead atoms. The Hall–Kier alpha value is -2.16. The fourth-order valence-electron chi connectivity index (χ4n) is 4.42. The minimum Gasteiger partial charge on any atom is -0.376 e. The third-order valence-electron chi connectivity index (χ3n) is 5.88. The fraction of sp³-hybridized carbons (Fsp3) is 0.542. The van der Waals surface area contributed by atoms with Gasteiger partial charge in [0.25, 0.3) is 0 Å². The van der Waals surface area contributed by atoms with Gasteiger partial charge in [0.1, 0.15) is 5.82 Å². The number of carbonyl (C=O) groups is 1. The van der Waals surface area contributed by atoms with Crippen molar-refractivity contribution in [2.75, 3.05) is 31.1 Å². The van der Waals surface area contributed by atoms with Crippen LogP contribution in [0.2, 0.25) is 0 Å². The number of thiophene rings is 1. The van der Waals surface area contributed by atoms with E-state index in [1.54, 1.807) is 22.3 Å². The van der Waals surface area contributed by atoms with E-state index in [9.17, 15) is 9.18 Å². The Balaban J connectivity index is 1.37. The molecule has 2 aliphatic rings. The number of rotatable bonds is 7. The Labute approximate surface area is 193 Å². The molecule has 3 atom stereocenters. The Kier molecular flexibility index (Phi) is 7.65. The molecule has 2 aliphatic heterocycles. The highest BCUT2D eigenvalue weighted by Crippen LogP contribution is 2.25. The maximum atomic E-state index is 14.9. The van der Waals surface area contributed by atoms with E-state index in [-0.39, 0.29) is 36.7 Å². The predicted octanol–water partition coefficient (Wildman–Crippen LogP) is 4.39. The molecule has 3 heterocycles. The van der Waals surface area contributed by atoms with Gasteiger partial charge in [-0.15, -0.1) is 11.3 Å². The van der Waals surface area contributed by atoms with Gasteiger partial charge in [-0.2, -0.15) is 0 Å². The number of nitrogens with one attached hydrogen (secondary N) is 1. The summed E-state index contributed by atoms with van der Waals surface area (Å²) in [7, 11) is 0. The SMILES string of the molecule is CC1CN(c2ccc(CNC(=O)N(Cc3cccs3)CC3CCCO3)cc2F)CC(C)O1. The molecule has 6 nitrogen and oxygen atoms in total. The zero-order valence-electron chi connectivity index (χ0n) is 18.8. The van der Waals surface area contributed by atoms with Gasteiger partial charge >= 0.3 is 6.03 Å². The zero-order valence-corrected chi connectivity index (χ0v) is 19.6. The molecule has 8 heteroatoms. The minimum atomic E-state index is -0.271. The lowest BCUT2D eigenvalue weighted by atomic mass is 10.1. The molecule has 2 fully saturated rings. The summed E-state index contributed by atoms with van der Waals surface area (Å²) in [5.74, 6) is -0.271. The molecule has 2 amide bonds. The van der Waals surface area contributed by atoms with Crippen LogP contribution in [-0.4, -0.2) is 55.5 Å². The maximum absolute atomic E-state index is 14.9. The monoisotopic (exact) mass is 461 g/mol. The highest BCUT2D eigenvalue weighted by Gasteiger charge is 2.25. The van der Waals surface area contributed by atoms with Crippen LogP contribution in [0.5, 0.6) is 0 Å². The second-order valence-electron chi connectivity index (χ2n) is 8.70. The van der Waals surface area contributed by atoms with Crippen molar-refractivity contribution in [1.82, 2.24) is 10.2 Å². The van der Waals surface area contributed by atoms with Crippen LogP contribution in [-0.2, 0) is 22.6 Å². The van der Waals surface area contributed by atoms with E-state index in [0.29, 0.717) is 31.9 Å². The number of hydrogen-bond acceptors (Lipinski definition) is 5. The van der Waals surface area contributed by atoms with Gasteiger partial charge in [0.05, 0.1) is 30.5 Å². The van der Waals surface area contributed by atoms with Gasteiger partial charge in [-0.3, -0.25) is 0 Å². The van der Waals surface area contributed by atoms with Gasteiger partial charge in [0, 0.05) is 37.7 Å². The largest absolute Gasteiger partial charge is 0.376 e. The van der Waals surface area contributed by atoms with Crippen LogP contribution in [0.3, 0.4) is 0 Å². The molecule has 0 saturated carbocycles. The molecular weight excluding hydrogens is 429 g/mol. The molecular formula is C24H32FN3O3S. The van der Waals surface area contributed by atoms with Crippen molar-refractivity contribution in [3.8, 4) is 0 Å². The van der Waals surface area contributed by atoms with E-state index in [2.05, 4.69) is 5.32 Å². The van der Waals surface area contributed by atoms with E-state index in [1.165, 1.54) is 6.07 Å². The Morgan fingerprint density at radius 2 is 2.09 bits per heavy atom. The summed E-state index contributed by atoms with van der Waals surface area (Å²) < 4.78 is 26.4. The van der Waals surface area contributed by atoms with Crippen LogP contribution in [0.25, 0.3) is 0 Å². The van der Waals surface area contributed by atoms with E-state index < -0.39 is 0 Å². The predicted molar refractivity (Wildman–Crippen MR) is 125 cm³/mol. The molecule has 32 heavy (non-hydrogen) atoms. The van der Waals surface area contributed by atoms with Gasteiger partial charge < -0.3 is 24.6 Å². The first-order chi connectivity index (χ1) is 15.5. The van der Waals surface area contributed by atoms with Crippen LogP contribution in [0.15, 0.2) is 35.7 Å². The number of nitrogens with zero attached hydrogens (tertiary/aromatic N) is 2. The quantitative estimate of drug-likeness (QED) is 0.664. The van der Waals surface area contributed by atoms with Crippen molar-refractivity contribution in [3.63, 3.8) is 0 Å². The molecule has 1 N–H and O–H groups in total. The van der Waals surface area contributed by atoms with E-state index in [4.69, 9.17) is 9.47 Å². The van der Waals surface area contributed by atoms with Crippen LogP contribution < -0.4 is 10.2 Å². The number of urea groups is 1. The van der Waals surface area contributed by atoms with Gasteiger partial charge in [-0.05, 0) is 55.8 Å². The Bertz CT molecular complexity index is 879. The van der Waals surface area contributed by atoms with Crippen LogP contribution in [0, 0.1) is 5.82 Å². The topological polar surface area (TPSA) is 54.0 Å². The molecule has 0 spiro atoms. The fourth-order valence-corrected chi connectivity index (χ4v) is 5.14. The first-order valence-corrected chi connectivity index (χ1v) is 12.2. The van der Waals surface area contributed by atoms with Gasteiger partial charge in [-0.1, -0.05) is 12.1 Å². The lowest BCUT2D eigenvalue weighted by molar-refractivity contribution is -0.00539. The zero-order chi connectivity index (χ0) is 22.5. The molecule has 4 rings (SSSR count). The van der Waals surface area contributed by atoms with Crippen molar-refractivity contribution in [2.45, 2.75) is 58.1 Å². The van der Waals surface area contributed by atoms with Crippen molar-refractivity contribution < 1.29 is 18.7 Å². The minimum absolute atomic E-state index is 0.0651. The number of benzene rings is 1. The molecule has 1 aromatic carbocycles. The number of carbonyl (C=O) groups excluding carboxylic acids is 1. The average Bonchev–Trinajstić information content (AvgIpc) is 3.45. The van der Waals surface area contributed by atoms with Gasteiger partial charge in [0.15, 0.2) is 0 Å². The Morgan fingerprint density at radius 3 is 2.75 bits per heavy atom. The van der Waals surface area contributed by atoms with E-state index >= 15 is 0 Å². The molecule has 1 aromatic heterocycles. The number of hydrogen-bond donors (Lipinski definition) is 1. The summed E-state index contributed by atoms with van der Waals surface area (Å²) in [6.45, 7) is 7.47. The third-order valence-corrected chi connectivity index (χ3v) is 6.74. The van der Waals surface area contributed by atoms with Gasteiger partial charge in [-0.25, -0.2) is 9.18 Å².